The van der Waals surface area contributed by atoms with Crippen LogP contribution in [0, 0.1) is 0 Å². The van der Waals surface area contributed by atoms with E-state index in [2.05, 4.69) is 10.1 Å². The van der Waals surface area contributed by atoms with E-state index in [0.29, 0.717) is 19.1 Å². The number of esters is 1. The Morgan fingerprint density at radius 2 is 2.00 bits per heavy atom. The Balaban J connectivity index is 2.10. The molecule has 0 saturated carbocycles. The summed E-state index contributed by atoms with van der Waals surface area (Å²) in [6.45, 7) is 4.50. The molecule has 110 valence electrons. The summed E-state index contributed by atoms with van der Waals surface area (Å²) in [6, 6.07) is 0.420. The second kappa shape index (κ2) is 8.74. The summed E-state index contributed by atoms with van der Waals surface area (Å²) >= 11 is 0. The molecule has 1 aliphatic rings. The first-order chi connectivity index (χ1) is 9.17. The average molecular weight is 272 g/mol. The lowest BCUT2D eigenvalue weighted by Gasteiger charge is -2.31. The molecule has 1 N–H and O–H groups in total. The number of likely N-dealkylation sites (tertiary alicyclic amines) is 1. The summed E-state index contributed by atoms with van der Waals surface area (Å²) in [5, 5.41) is 3.41. The molecule has 0 bridgehead atoms. The number of hydrogen-bond acceptors (Lipinski definition) is 5. The van der Waals surface area contributed by atoms with Crippen LogP contribution in [0.1, 0.15) is 32.6 Å². The van der Waals surface area contributed by atoms with Gasteiger partial charge in [0, 0.05) is 25.6 Å². The van der Waals surface area contributed by atoms with Crippen LogP contribution in [0.4, 0.5) is 4.79 Å². The minimum Gasteiger partial charge on any atom is -0.469 e. The molecule has 0 radical (unpaired) electrons. The van der Waals surface area contributed by atoms with Gasteiger partial charge in [-0.05, 0) is 32.7 Å². The number of ether oxygens (including phenoxy) is 2. The molecular formula is C13H24N2O4. The number of carbonyl (C=O) groups is 2. The van der Waals surface area contributed by atoms with Gasteiger partial charge in [-0.15, -0.1) is 0 Å². The number of methoxy groups -OCH3 is 1. The highest BCUT2D eigenvalue weighted by Crippen LogP contribution is 2.11. The van der Waals surface area contributed by atoms with Crippen molar-refractivity contribution in [3.05, 3.63) is 0 Å². The molecular weight excluding hydrogens is 248 g/mol. The van der Waals surface area contributed by atoms with E-state index >= 15 is 0 Å². The van der Waals surface area contributed by atoms with Gasteiger partial charge in [0.05, 0.1) is 13.7 Å². The normalized spacial score (nSPS) is 16.2. The van der Waals surface area contributed by atoms with Crippen molar-refractivity contribution >= 4 is 12.1 Å². The van der Waals surface area contributed by atoms with E-state index in [-0.39, 0.29) is 12.1 Å². The Morgan fingerprint density at radius 3 is 2.58 bits per heavy atom. The number of hydrogen-bond donors (Lipinski definition) is 1. The highest BCUT2D eigenvalue weighted by Gasteiger charge is 2.22. The van der Waals surface area contributed by atoms with Crippen LogP contribution < -0.4 is 5.32 Å². The number of carbonyl (C=O) groups excluding carboxylic acids is 2. The van der Waals surface area contributed by atoms with Gasteiger partial charge in [-0.3, -0.25) is 4.79 Å². The first-order valence-electron chi connectivity index (χ1n) is 6.89. The Kier molecular flexibility index (Phi) is 7.25. The van der Waals surface area contributed by atoms with Crippen LogP contribution in [0.25, 0.3) is 0 Å². The van der Waals surface area contributed by atoms with Crippen molar-refractivity contribution in [2.24, 2.45) is 0 Å². The van der Waals surface area contributed by atoms with Gasteiger partial charge < -0.3 is 19.7 Å². The third kappa shape index (κ3) is 5.92. The van der Waals surface area contributed by atoms with Gasteiger partial charge >= 0.3 is 12.1 Å². The third-order valence-electron chi connectivity index (χ3n) is 3.24. The van der Waals surface area contributed by atoms with E-state index in [4.69, 9.17) is 4.74 Å². The second-order valence-electron chi connectivity index (χ2n) is 4.59. The van der Waals surface area contributed by atoms with Crippen LogP contribution in [0.15, 0.2) is 0 Å². The highest BCUT2D eigenvalue weighted by molar-refractivity contribution is 5.69. The molecule has 0 aliphatic carbocycles. The summed E-state index contributed by atoms with van der Waals surface area (Å²) in [4.78, 5) is 24.2. The summed E-state index contributed by atoms with van der Waals surface area (Å²) in [5.74, 6) is -0.168. The molecule has 6 heteroatoms. The highest BCUT2D eigenvalue weighted by atomic mass is 16.6. The summed E-state index contributed by atoms with van der Waals surface area (Å²) in [7, 11) is 1.40. The van der Waals surface area contributed by atoms with Gasteiger partial charge in [0.15, 0.2) is 0 Å². The van der Waals surface area contributed by atoms with Crippen LogP contribution in [-0.2, 0) is 14.3 Å². The van der Waals surface area contributed by atoms with Gasteiger partial charge in [0.2, 0.25) is 0 Å². The monoisotopic (exact) mass is 272 g/mol. The molecule has 1 heterocycles. The molecule has 1 saturated heterocycles. The maximum atomic E-state index is 11.5. The zero-order valence-corrected chi connectivity index (χ0v) is 11.8. The van der Waals surface area contributed by atoms with Crippen molar-refractivity contribution in [1.29, 1.82) is 0 Å². The molecule has 0 unspecified atom stereocenters. The molecule has 1 fully saturated rings. The number of nitrogens with one attached hydrogen (secondary N) is 1. The summed E-state index contributed by atoms with van der Waals surface area (Å²) < 4.78 is 9.55. The quantitative estimate of drug-likeness (QED) is 0.580. The fourth-order valence-corrected chi connectivity index (χ4v) is 2.12. The van der Waals surface area contributed by atoms with Crippen molar-refractivity contribution in [3.63, 3.8) is 0 Å². The topological polar surface area (TPSA) is 67.9 Å². The number of rotatable bonds is 6. The Labute approximate surface area is 114 Å². The molecule has 0 spiro atoms. The zero-order valence-electron chi connectivity index (χ0n) is 11.8. The van der Waals surface area contributed by atoms with Crippen LogP contribution >= 0.6 is 0 Å². The molecule has 0 aromatic rings. The van der Waals surface area contributed by atoms with E-state index in [1.807, 2.05) is 6.92 Å². The number of nitrogens with zero attached hydrogens (tertiary/aromatic N) is 1. The van der Waals surface area contributed by atoms with Gasteiger partial charge in [0.25, 0.3) is 0 Å². The maximum absolute atomic E-state index is 11.5. The van der Waals surface area contributed by atoms with E-state index in [1.165, 1.54) is 7.11 Å². The summed E-state index contributed by atoms with van der Waals surface area (Å²) in [5.41, 5.74) is 0. The Hall–Kier alpha value is -1.30. The lowest BCUT2D eigenvalue weighted by atomic mass is 10.1. The molecule has 1 amide bonds. The van der Waals surface area contributed by atoms with E-state index in [9.17, 15) is 9.59 Å². The van der Waals surface area contributed by atoms with Crippen LogP contribution in [0.2, 0.25) is 0 Å². The predicted octanol–water partition coefficient (Wildman–Crippen LogP) is 1.15. The predicted molar refractivity (Wildman–Crippen MR) is 70.9 cm³/mol. The zero-order chi connectivity index (χ0) is 14.1. The van der Waals surface area contributed by atoms with Crippen molar-refractivity contribution in [1.82, 2.24) is 10.2 Å². The summed E-state index contributed by atoms with van der Waals surface area (Å²) in [6.07, 6.45) is 2.87. The fraction of sp³-hybridized carbons (Fsp3) is 0.846. The average Bonchev–Trinajstić information content (AvgIpc) is 2.44. The van der Waals surface area contributed by atoms with Crippen LogP contribution in [0.3, 0.4) is 0 Å². The second-order valence-corrected chi connectivity index (χ2v) is 4.59. The number of amides is 1. The minimum absolute atomic E-state index is 0.168. The molecule has 19 heavy (non-hydrogen) atoms. The molecule has 6 nitrogen and oxygen atoms in total. The van der Waals surface area contributed by atoms with Gasteiger partial charge in [-0.25, -0.2) is 4.79 Å². The van der Waals surface area contributed by atoms with Gasteiger partial charge in [-0.1, -0.05) is 0 Å². The standard InChI is InChI=1S/C13H24N2O4/c1-3-19-13(17)15-9-6-11(7-10-15)14-8-4-5-12(16)18-2/h11,14H,3-10H2,1-2H3. The van der Waals surface area contributed by atoms with Crippen molar-refractivity contribution in [3.8, 4) is 0 Å². The SMILES string of the molecule is CCOC(=O)N1CCC(NCCCC(=O)OC)CC1. The van der Waals surface area contributed by atoms with Crippen molar-refractivity contribution in [2.45, 2.75) is 38.6 Å². The first kappa shape index (κ1) is 15.8. The largest absolute Gasteiger partial charge is 0.469 e. The number of piperidine rings is 1. The van der Waals surface area contributed by atoms with E-state index in [1.54, 1.807) is 4.90 Å². The van der Waals surface area contributed by atoms with Crippen LogP contribution in [-0.4, -0.2) is 56.4 Å². The maximum Gasteiger partial charge on any atom is 0.409 e. The van der Waals surface area contributed by atoms with E-state index in [0.717, 1.165) is 38.9 Å². The van der Waals surface area contributed by atoms with Gasteiger partial charge in [-0.2, -0.15) is 0 Å². The Bertz CT molecular complexity index is 288. The van der Waals surface area contributed by atoms with Crippen molar-refractivity contribution in [2.75, 3.05) is 33.4 Å². The molecule has 0 aromatic carbocycles. The minimum atomic E-state index is -0.216. The van der Waals surface area contributed by atoms with Crippen LogP contribution in [0.5, 0.6) is 0 Å². The molecule has 1 aliphatic heterocycles. The third-order valence-corrected chi connectivity index (χ3v) is 3.24. The first-order valence-corrected chi connectivity index (χ1v) is 6.89. The van der Waals surface area contributed by atoms with Crippen molar-refractivity contribution < 1.29 is 19.1 Å². The lowest BCUT2D eigenvalue weighted by Crippen LogP contribution is -2.45. The fourth-order valence-electron chi connectivity index (χ4n) is 2.12. The smallest absolute Gasteiger partial charge is 0.409 e. The lowest BCUT2D eigenvalue weighted by molar-refractivity contribution is -0.140. The molecule has 0 atom stereocenters. The van der Waals surface area contributed by atoms with E-state index < -0.39 is 0 Å². The molecule has 1 rings (SSSR count). The molecule has 0 aromatic heterocycles. The van der Waals surface area contributed by atoms with Gasteiger partial charge in [0.1, 0.15) is 0 Å². The Morgan fingerprint density at radius 1 is 1.32 bits per heavy atom.